The van der Waals surface area contributed by atoms with Gasteiger partial charge in [-0.25, -0.2) is 4.39 Å². The molecule has 0 bridgehead atoms. The molecule has 1 heterocycles. The van der Waals surface area contributed by atoms with Crippen molar-refractivity contribution in [2.24, 2.45) is 5.73 Å². The molecule has 0 unspecified atom stereocenters. The van der Waals surface area contributed by atoms with E-state index in [4.69, 9.17) is 15.2 Å². The highest BCUT2D eigenvalue weighted by Crippen LogP contribution is 2.23. The van der Waals surface area contributed by atoms with Crippen LogP contribution in [0.2, 0.25) is 0 Å². The first-order chi connectivity index (χ1) is 12.0. The standard InChI is InChI=1S/C19H21FN2O3/c20-15-6-4-14(5-7-15)13-25-17-3-1-2-16(12-17)22-18(23)19(21)8-10-24-11-9-19/h1-7,12H,8-11,13,21H2,(H,22,23). The Kier molecular flexibility index (Phi) is 5.31. The van der Waals surface area contributed by atoms with Gasteiger partial charge in [0.2, 0.25) is 5.91 Å². The summed E-state index contributed by atoms with van der Waals surface area (Å²) in [5.41, 5.74) is 6.77. The molecular formula is C19H21FN2O3. The third kappa shape index (κ3) is 4.55. The Balaban J connectivity index is 1.61. The number of halogens is 1. The quantitative estimate of drug-likeness (QED) is 0.875. The molecule has 0 aliphatic carbocycles. The van der Waals surface area contributed by atoms with Gasteiger partial charge in [-0.2, -0.15) is 0 Å². The van der Waals surface area contributed by atoms with Crippen LogP contribution in [0.15, 0.2) is 48.5 Å². The second-order valence-corrected chi connectivity index (χ2v) is 6.17. The van der Waals surface area contributed by atoms with E-state index >= 15 is 0 Å². The lowest BCUT2D eigenvalue weighted by Crippen LogP contribution is -2.54. The van der Waals surface area contributed by atoms with E-state index in [0.29, 0.717) is 44.1 Å². The van der Waals surface area contributed by atoms with Crippen molar-refractivity contribution in [3.05, 3.63) is 59.9 Å². The normalized spacial score (nSPS) is 16.2. The van der Waals surface area contributed by atoms with Gasteiger partial charge in [0.1, 0.15) is 23.7 Å². The molecule has 0 aromatic heterocycles. The van der Waals surface area contributed by atoms with E-state index in [0.717, 1.165) is 5.56 Å². The molecule has 0 spiro atoms. The second-order valence-electron chi connectivity index (χ2n) is 6.17. The van der Waals surface area contributed by atoms with E-state index in [-0.39, 0.29) is 11.7 Å². The highest BCUT2D eigenvalue weighted by atomic mass is 19.1. The third-order valence-electron chi connectivity index (χ3n) is 4.25. The molecule has 1 aliphatic heterocycles. The number of rotatable bonds is 5. The summed E-state index contributed by atoms with van der Waals surface area (Å²) in [4.78, 5) is 12.4. The summed E-state index contributed by atoms with van der Waals surface area (Å²) in [5, 5.41) is 2.85. The molecule has 6 heteroatoms. The Morgan fingerprint density at radius 1 is 1.20 bits per heavy atom. The maximum absolute atomic E-state index is 12.9. The van der Waals surface area contributed by atoms with E-state index in [1.54, 1.807) is 36.4 Å². The topological polar surface area (TPSA) is 73.6 Å². The zero-order valence-electron chi connectivity index (χ0n) is 13.8. The van der Waals surface area contributed by atoms with Crippen LogP contribution in [0.5, 0.6) is 5.75 Å². The molecular weight excluding hydrogens is 323 g/mol. The van der Waals surface area contributed by atoms with E-state index in [1.165, 1.54) is 12.1 Å². The fraction of sp³-hybridized carbons (Fsp3) is 0.316. The molecule has 0 saturated carbocycles. The number of anilines is 1. The van der Waals surface area contributed by atoms with Gasteiger partial charge in [0.25, 0.3) is 0 Å². The SMILES string of the molecule is NC1(C(=O)Nc2cccc(OCc3ccc(F)cc3)c2)CCOCC1. The van der Waals surface area contributed by atoms with Crippen LogP contribution >= 0.6 is 0 Å². The Hall–Kier alpha value is -2.44. The van der Waals surface area contributed by atoms with Gasteiger partial charge in [0.05, 0.1) is 0 Å². The zero-order valence-corrected chi connectivity index (χ0v) is 13.8. The molecule has 5 nitrogen and oxygen atoms in total. The largest absolute Gasteiger partial charge is 0.489 e. The monoisotopic (exact) mass is 344 g/mol. The Morgan fingerprint density at radius 3 is 2.64 bits per heavy atom. The summed E-state index contributed by atoms with van der Waals surface area (Å²) in [6, 6.07) is 13.2. The molecule has 132 valence electrons. The van der Waals surface area contributed by atoms with Crippen LogP contribution in [0, 0.1) is 5.82 Å². The lowest BCUT2D eigenvalue weighted by Gasteiger charge is -2.31. The Bertz CT molecular complexity index is 728. The van der Waals surface area contributed by atoms with Crippen LogP contribution < -0.4 is 15.8 Å². The van der Waals surface area contributed by atoms with Crippen molar-refractivity contribution in [2.45, 2.75) is 25.0 Å². The first-order valence-electron chi connectivity index (χ1n) is 8.21. The molecule has 1 aliphatic rings. The van der Waals surface area contributed by atoms with Crippen molar-refractivity contribution in [1.29, 1.82) is 0 Å². The van der Waals surface area contributed by atoms with Crippen LogP contribution in [0.25, 0.3) is 0 Å². The average molecular weight is 344 g/mol. The summed E-state index contributed by atoms with van der Waals surface area (Å²) < 4.78 is 23.9. The van der Waals surface area contributed by atoms with Crippen molar-refractivity contribution in [2.75, 3.05) is 18.5 Å². The Morgan fingerprint density at radius 2 is 1.92 bits per heavy atom. The summed E-state index contributed by atoms with van der Waals surface area (Å²) >= 11 is 0. The number of carbonyl (C=O) groups excluding carboxylic acids is 1. The van der Waals surface area contributed by atoms with Gasteiger partial charge in [-0.1, -0.05) is 18.2 Å². The summed E-state index contributed by atoms with van der Waals surface area (Å²) in [5.74, 6) is 0.115. The number of nitrogens with one attached hydrogen (secondary N) is 1. The lowest BCUT2D eigenvalue weighted by atomic mass is 9.90. The minimum Gasteiger partial charge on any atom is -0.489 e. The van der Waals surface area contributed by atoms with E-state index in [1.807, 2.05) is 0 Å². The first-order valence-corrected chi connectivity index (χ1v) is 8.21. The van der Waals surface area contributed by atoms with Crippen LogP contribution in [-0.4, -0.2) is 24.7 Å². The van der Waals surface area contributed by atoms with Crippen molar-refractivity contribution in [3.8, 4) is 5.75 Å². The van der Waals surface area contributed by atoms with Crippen LogP contribution in [-0.2, 0) is 16.1 Å². The fourth-order valence-corrected chi connectivity index (χ4v) is 2.63. The van der Waals surface area contributed by atoms with Crippen molar-refractivity contribution in [3.63, 3.8) is 0 Å². The van der Waals surface area contributed by atoms with Crippen LogP contribution in [0.3, 0.4) is 0 Å². The number of ether oxygens (including phenoxy) is 2. The van der Waals surface area contributed by atoms with Gasteiger partial charge < -0.3 is 20.5 Å². The van der Waals surface area contributed by atoms with Gasteiger partial charge in [0, 0.05) is 25.0 Å². The molecule has 2 aromatic carbocycles. The third-order valence-corrected chi connectivity index (χ3v) is 4.25. The molecule has 3 rings (SSSR count). The molecule has 2 aromatic rings. The molecule has 0 atom stereocenters. The number of hydrogen-bond donors (Lipinski definition) is 2. The number of hydrogen-bond acceptors (Lipinski definition) is 4. The Labute approximate surface area is 145 Å². The number of benzene rings is 2. The molecule has 1 saturated heterocycles. The predicted octanol–water partition coefficient (Wildman–Crippen LogP) is 2.85. The summed E-state index contributed by atoms with van der Waals surface area (Å²) in [7, 11) is 0. The van der Waals surface area contributed by atoms with Crippen LogP contribution in [0.1, 0.15) is 18.4 Å². The van der Waals surface area contributed by atoms with Gasteiger partial charge in [0.15, 0.2) is 0 Å². The summed E-state index contributed by atoms with van der Waals surface area (Å²) in [6.45, 7) is 1.30. The van der Waals surface area contributed by atoms with Gasteiger partial charge in [-0.3, -0.25) is 4.79 Å². The minimum absolute atomic E-state index is 0.216. The van der Waals surface area contributed by atoms with Crippen molar-refractivity contribution in [1.82, 2.24) is 0 Å². The van der Waals surface area contributed by atoms with Crippen molar-refractivity contribution < 1.29 is 18.7 Å². The molecule has 25 heavy (non-hydrogen) atoms. The second kappa shape index (κ2) is 7.63. The maximum atomic E-state index is 12.9. The smallest absolute Gasteiger partial charge is 0.244 e. The summed E-state index contributed by atoms with van der Waals surface area (Å²) in [6.07, 6.45) is 0.999. The first kappa shape index (κ1) is 17.4. The van der Waals surface area contributed by atoms with E-state index < -0.39 is 5.54 Å². The number of nitrogens with two attached hydrogens (primary N) is 1. The number of carbonyl (C=O) groups is 1. The minimum atomic E-state index is -0.900. The zero-order chi connectivity index (χ0) is 17.7. The molecule has 3 N–H and O–H groups in total. The van der Waals surface area contributed by atoms with Crippen LogP contribution in [0.4, 0.5) is 10.1 Å². The van der Waals surface area contributed by atoms with Gasteiger partial charge in [-0.05, 0) is 42.7 Å². The molecule has 0 radical (unpaired) electrons. The van der Waals surface area contributed by atoms with E-state index in [2.05, 4.69) is 5.32 Å². The number of amides is 1. The lowest BCUT2D eigenvalue weighted by molar-refractivity contribution is -0.124. The molecule has 1 amide bonds. The maximum Gasteiger partial charge on any atom is 0.244 e. The van der Waals surface area contributed by atoms with E-state index in [9.17, 15) is 9.18 Å². The predicted molar refractivity (Wildman–Crippen MR) is 92.8 cm³/mol. The van der Waals surface area contributed by atoms with Gasteiger partial charge >= 0.3 is 0 Å². The van der Waals surface area contributed by atoms with Gasteiger partial charge in [-0.15, -0.1) is 0 Å². The van der Waals surface area contributed by atoms with Crippen molar-refractivity contribution >= 4 is 11.6 Å². The highest BCUT2D eigenvalue weighted by molar-refractivity contribution is 5.98. The molecule has 1 fully saturated rings. The highest BCUT2D eigenvalue weighted by Gasteiger charge is 2.35. The average Bonchev–Trinajstić information content (AvgIpc) is 2.62. The fourth-order valence-electron chi connectivity index (χ4n) is 2.63.